The summed E-state index contributed by atoms with van der Waals surface area (Å²) in [5.41, 5.74) is 1.44. The molecule has 0 aliphatic carbocycles. The molecule has 0 aliphatic rings. The Bertz CT molecular complexity index is 743. The van der Waals surface area contributed by atoms with Gasteiger partial charge in [0.1, 0.15) is 28.9 Å². The second-order valence-electron chi connectivity index (χ2n) is 4.73. The minimum Gasteiger partial charge on any atom is -0.497 e. The van der Waals surface area contributed by atoms with Gasteiger partial charge < -0.3 is 19.0 Å². The second kappa shape index (κ2) is 5.50. The lowest BCUT2D eigenvalue weighted by molar-refractivity contribution is 0.192. The molecular formula is C17H16O4. The van der Waals surface area contributed by atoms with Crippen molar-refractivity contribution < 1.29 is 19.0 Å². The Morgan fingerprint density at radius 3 is 2.24 bits per heavy atom. The van der Waals surface area contributed by atoms with Crippen molar-refractivity contribution in [2.24, 2.45) is 0 Å². The van der Waals surface area contributed by atoms with Gasteiger partial charge in [0.2, 0.25) is 0 Å². The minimum atomic E-state index is -0.811. The summed E-state index contributed by atoms with van der Waals surface area (Å²) >= 11 is 0. The van der Waals surface area contributed by atoms with E-state index in [4.69, 9.17) is 13.9 Å². The molecule has 4 heteroatoms. The first kappa shape index (κ1) is 13.5. The summed E-state index contributed by atoms with van der Waals surface area (Å²) in [7, 11) is 3.22. The van der Waals surface area contributed by atoms with Gasteiger partial charge in [-0.25, -0.2) is 0 Å². The summed E-state index contributed by atoms with van der Waals surface area (Å²) < 4.78 is 16.0. The van der Waals surface area contributed by atoms with Crippen LogP contribution < -0.4 is 9.47 Å². The quantitative estimate of drug-likeness (QED) is 0.796. The second-order valence-corrected chi connectivity index (χ2v) is 4.73. The van der Waals surface area contributed by atoms with E-state index >= 15 is 0 Å². The monoisotopic (exact) mass is 284 g/mol. The summed E-state index contributed by atoms with van der Waals surface area (Å²) in [6, 6.07) is 14.7. The van der Waals surface area contributed by atoms with Crippen molar-refractivity contribution in [3.05, 3.63) is 59.9 Å². The van der Waals surface area contributed by atoms with E-state index in [0.29, 0.717) is 11.3 Å². The third-order valence-corrected chi connectivity index (χ3v) is 3.45. The highest BCUT2D eigenvalue weighted by atomic mass is 16.5. The number of rotatable bonds is 4. The van der Waals surface area contributed by atoms with E-state index in [1.54, 1.807) is 20.3 Å². The van der Waals surface area contributed by atoms with Crippen molar-refractivity contribution in [2.45, 2.75) is 6.10 Å². The van der Waals surface area contributed by atoms with Crippen LogP contribution in [0.15, 0.2) is 52.9 Å². The van der Waals surface area contributed by atoms with Gasteiger partial charge in [0.05, 0.1) is 14.2 Å². The first-order valence-electron chi connectivity index (χ1n) is 6.61. The molecule has 0 unspecified atom stereocenters. The summed E-state index contributed by atoms with van der Waals surface area (Å²) in [6.45, 7) is 0. The average molecular weight is 284 g/mol. The number of benzene rings is 2. The summed E-state index contributed by atoms with van der Waals surface area (Å²) in [6.07, 6.45) is -0.811. The van der Waals surface area contributed by atoms with Crippen LogP contribution in [0.5, 0.6) is 11.5 Å². The van der Waals surface area contributed by atoms with Crippen molar-refractivity contribution in [1.29, 1.82) is 0 Å². The van der Waals surface area contributed by atoms with Gasteiger partial charge in [0.15, 0.2) is 0 Å². The van der Waals surface area contributed by atoms with Gasteiger partial charge >= 0.3 is 0 Å². The van der Waals surface area contributed by atoms with E-state index < -0.39 is 6.10 Å². The maximum atomic E-state index is 10.4. The van der Waals surface area contributed by atoms with E-state index in [1.165, 1.54) is 0 Å². The Hall–Kier alpha value is -2.46. The van der Waals surface area contributed by atoms with Gasteiger partial charge in [-0.3, -0.25) is 0 Å². The molecule has 108 valence electrons. The van der Waals surface area contributed by atoms with Crippen molar-refractivity contribution >= 4 is 11.0 Å². The highest BCUT2D eigenvalue weighted by molar-refractivity contribution is 5.79. The zero-order chi connectivity index (χ0) is 14.8. The van der Waals surface area contributed by atoms with Crippen LogP contribution in [0, 0.1) is 0 Å². The number of fused-ring (bicyclic) bond motifs is 1. The molecule has 0 saturated carbocycles. The van der Waals surface area contributed by atoms with Gasteiger partial charge in [0.25, 0.3) is 0 Å². The standard InChI is InChI=1S/C17H16O4/c1-19-13-6-3-11(4-7-13)17(18)16-9-12-5-8-14(20-2)10-15(12)21-16/h3-10,17-18H,1-2H3/t17-/m0/s1. The smallest absolute Gasteiger partial charge is 0.138 e. The molecular weight excluding hydrogens is 268 g/mol. The third kappa shape index (κ3) is 2.58. The van der Waals surface area contributed by atoms with Crippen LogP contribution >= 0.6 is 0 Å². The first-order chi connectivity index (χ1) is 10.2. The molecule has 0 radical (unpaired) electrons. The number of aliphatic hydroxyl groups is 1. The highest BCUT2D eigenvalue weighted by Gasteiger charge is 2.16. The number of furan rings is 1. The third-order valence-electron chi connectivity index (χ3n) is 3.45. The zero-order valence-electron chi connectivity index (χ0n) is 11.9. The zero-order valence-corrected chi connectivity index (χ0v) is 11.9. The van der Waals surface area contributed by atoms with Crippen LogP contribution in [-0.4, -0.2) is 19.3 Å². The van der Waals surface area contributed by atoms with Gasteiger partial charge in [-0.2, -0.15) is 0 Å². The predicted molar refractivity (Wildman–Crippen MR) is 79.8 cm³/mol. The normalized spacial score (nSPS) is 12.3. The Labute approximate surface area is 122 Å². The Kier molecular flexibility index (Phi) is 3.54. The maximum absolute atomic E-state index is 10.4. The molecule has 0 saturated heterocycles. The van der Waals surface area contributed by atoms with Crippen LogP contribution in [0.2, 0.25) is 0 Å². The molecule has 21 heavy (non-hydrogen) atoms. The van der Waals surface area contributed by atoms with Gasteiger partial charge in [-0.15, -0.1) is 0 Å². The number of hydrogen-bond acceptors (Lipinski definition) is 4. The van der Waals surface area contributed by atoms with E-state index in [9.17, 15) is 5.11 Å². The van der Waals surface area contributed by atoms with Crippen LogP contribution in [0.25, 0.3) is 11.0 Å². The van der Waals surface area contributed by atoms with Gasteiger partial charge in [0, 0.05) is 11.5 Å². The molecule has 0 aliphatic heterocycles. The van der Waals surface area contributed by atoms with Crippen molar-refractivity contribution in [2.75, 3.05) is 14.2 Å². The Morgan fingerprint density at radius 2 is 1.57 bits per heavy atom. The fraction of sp³-hybridized carbons (Fsp3) is 0.176. The van der Waals surface area contributed by atoms with Gasteiger partial charge in [-0.1, -0.05) is 12.1 Å². The Morgan fingerprint density at radius 1 is 0.905 bits per heavy atom. The molecule has 0 fully saturated rings. The van der Waals surface area contributed by atoms with Crippen LogP contribution in [0.4, 0.5) is 0 Å². The highest BCUT2D eigenvalue weighted by Crippen LogP contribution is 2.30. The molecule has 1 aromatic heterocycles. The SMILES string of the molecule is COc1ccc([C@H](O)c2cc3ccc(OC)cc3o2)cc1. The molecule has 0 spiro atoms. The molecule has 1 atom stereocenters. The lowest BCUT2D eigenvalue weighted by atomic mass is 10.1. The molecule has 0 bridgehead atoms. The minimum absolute atomic E-state index is 0.503. The topological polar surface area (TPSA) is 51.8 Å². The van der Waals surface area contributed by atoms with E-state index in [2.05, 4.69) is 0 Å². The van der Waals surface area contributed by atoms with Crippen molar-refractivity contribution in [3.63, 3.8) is 0 Å². The largest absolute Gasteiger partial charge is 0.497 e. The summed E-state index contributed by atoms with van der Waals surface area (Å²) in [5.74, 6) is 1.98. The molecule has 3 aromatic rings. The first-order valence-corrected chi connectivity index (χ1v) is 6.61. The summed E-state index contributed by atoms with van der Waals surface area (Å²) in [4.78, 5) is 0. The van der Waals surface area contributed by atoms with E-state index in [1.807, 2.05) is 42.5 Å². The Balaban J connectivity index is 1.94. The van der Waals surface area contributed by atoms with Crippen molar-refractivity contribution in [1.82, 2.24) is 0 Å². The van der Waals surface area contributed by atoms with Gasteiger partial charge in [-0.05, 0) is 35.9 Å². The fourth-order valence-electron chi connectivity index (χ4n) is 2.24. The lowest BCUT2D eigenvalue weighted by Gasteiger charge is -2.08. The van der Waals surface area contributed by atoms with Crippen molar-refractivity contribution in [3.8, 4) is 11.5 Å². The van der Waals surface area contributed by atoms with Crippen LogP contribution in [-0.2, 0) is 0 Å². The molecule has 1 N–H and O–H groups in total. The molecule has 4 nitrogen and oxygen atoms in total. The number of methoxy groups -OCH3 is 2. The van der Waals surface area contributed by atoms with E-state index in [0.717, 1.165) is 22.4 Å². The fourth-order valence-corrected chi connectivity index (χ4v) is 2.24. The molecule has 0 amide bonds. The van der Waals surface area contributed by atoms with Crippen LogP contribution in [0.3, 0.4) is 0 Å². The molecule has 1 heterocycles. The maximum Gasteiger partial charge on any atom is 0.138 e. The lowest BCUT2D eigenvalue weighted by Crippen LogP contribution is -1.97. The number of aliphatic hydroxyl groups excluding tert-OH is 1. The van der Waals surface area contributed by atoms with Crippen LogP contribution in [0.1, 0.15) is 17.4 Å². The average Bonchev–Trinajstić information content (AvgIpc) is 2.97. The number of ether oxygens (including phenoxy) is 2. The van der Waals surface area contributed by atoms with E-state index in [-0.39, 0.29) is 0 Å². The summed E-state index contributed by atoms with van der Waals surface area (Å²) in [5, 5.41) is 11.3. The number of hydrogen-bond donors (Lipinski definition) is 1. The molecule has 3 rings (SSSR count). The molecule has 2 aromatic carbocycles. The predicted octanol–water partition coefficient (Wildman–Crippen LogP) is 3.53.